The van der Waals surface area contributed by atoms with Crippen LogP contribution in [0, 0.1) is 0 Å². The van der Waals surface area contributed by atoms with Crippen LogP contribution in [0.3, 0.4) is 0 Å². The van der Waals surface area contributed by atoms with Crippen LogP contribution in [0.2, 0.25) is 0 Å². The van der Waals surface area contributed by atoms with Crippen LogP contribution in [-0.2, 0) is 17.6 Å². The van der Waals surface area contributed by atoms with Crippen molar-refractivity contribution in [1.82, 2.24) is 5.32 Å². The molecule has 0 radical (unpaired) electrons. The van der Waals surface area contributed by atoms with Gasteiger partial charge in [-0.25, -0.2) is 4.79 Å². The van der Waals surface area contributed by atoms with Gasteiger partial charge >= 0.3 is 5.97 Å². The SMILES string of the molecule is CCc1ccc(-c2cccc(C(=O)N[C@@H](Cc3ccc(-c4ccccc4)cc3)C(=O)O)c2)cc1. The molecule has 0 fully saturated rings. The number of carbonyl (C=O) groups excluding carboxylic acids is 1. The highest BCUT2D eigenvalue weighted by Gasteiger charge is 2.21. The van der Waals surface area contributed by atoms with Gasteiger partial charge in [-0.15, -0.1) is 0 Å². The lowest BCUT2D eigenvalue weighted by atomic mass is 9.99. The highest BCUT2D eigenvalue weighted by Crippen LogP contribution is 2.22. The molecule has 0 saturated carbocycles. The monoisotopic (exact) mass is 449 g/mol. The molecular weight excluding hydrogens is 422 g/mol. The number of aryl methyl sites for hydroxylation is 1. The van der Waals surface area contributed by atoms with Gasteiger partial charge in [-0.05, 0) is 51.9 Å². The van der Waals surface area contributed by atoms with Gasteiger partial charge in [-0.2, -0.15) is 0 Å². The number of carboxylic acid groups (broad SMARTS) is 1. The summed E-state index contributed by atoms with van der Waals surface area (Å²) >= 11 is 0. The van der Waals surface area contributed by atoms with Crippen LogP contribution in [0.25, 0.3) is 22.3 Å². The Bertz CT molecular complexity index is 1260. The fourth-order valence-electron chi connectivity index (χ4n) is 3.91. The first kappa shape index (κ1) is 23.0. The molecule has 0 saturated heterocycles. The minimum atomic E-state index is -1.06. The molecule has 1 atom stereocenters. The van der Waals surface area contributed by atoms with E-state index in [9.17, 15) is 14.7 Å². The van der Waals surface area contributed by atoms with Crippen molar-refractivity contribution in [3.63, 3.8) is 0 Å². The fourth-order valence-corrected chi connectivity index (χ4v) is 3.91. The first-order valence-electron chi connectivity index (χ1n) is 11.4. The number of nitrogens with one attached hydrogen (secondary N) is 1. The molecule has 0 spiro atoms. The molecule has 4 heteroatoms. The van der Waals surface area contributed by atoms with Crippen molar-refractivity contribution in [3.8, 4) is 22.3 Å². The first-order chi connectivity index (χ1) is 16.5. The molecule has 0 aliphatic carbocycles. The topological polar surface area (TPSA) is 66.4 Å². The molecule has 4 nitrogen and oxygen atoms in total. The lowest BCUT2D eigenvalue weighted by molar-refractivity contribution is -0.139. The standard InChI is InChI=1S/C30H27NO3/c1-2-21-11-15-25(16-12-21)26-9-6-10-27(20-26)29(32)31-28(30(33)34)19-22-13-17-24(18-14-22)23-7-4-3-5-8-23/h3-18,20,28H,2,19H2,1H3,(H,31,32)(H,33,34)/t28-/m0/s1. The molecule has 4 aromatic rings. The third-order valence-electron chi connectivity index (χ3n) is 5.92. The summed E-state index contributed by atoms with van der Waals surface area (Å²) in [7, 11) is 0. The van der Waals surface area contributed by atoms with Gasteiger partial charge in [-0.3, -0.25) is 4.79 Å². The average molecular weight is 450 g/mol. The molecule has 2 N–H and O–H groups in total. The van der Waals surface area contributed by atoms with Crippen molar-refractivity contribution in [3.05, 3.63) is 120 Å². The number of hydrogen-bond donors (Lipinski definition) is 2. The van der Waals surface area contributed by atoms with E-state index < -0.39 is 17.9 Å². The number of aliphatic carboxylic acids is 1. The Balaban J connectivity index is 1.46. The van der Waals surface area contributed by atoms with Gasteiger partial charge in [0.1, 0.15) is 6.04 Å². The van der Waals surface area contributed by atoms with Crippen LogP contribution in [0.4, 0.5) is 0 Å². The van der Waals surface area contributed by atoms with E-state index >= 15 is 0 Å². The lowest BCUT2D eigenvalue weighted by Gasteiger charge is -2.15. The number of hydrogen-bond acceptors (Lipinski definition) is 2. The van der Waals surface area contributed by atoms with Crippen molar-refractivity contribution in [2.45, 2.75) is 25.8 Å². The molecule has 0 aliphatic heterocycles. The lowest BCUT2D eigenvalue weighted by Crippen LogP contribution is -2.42. The number of rotatable bonds is 8. The summed E-state index contributed by atoms with van der Waals surface area (Å²) in [5.41, 5.74) is 6.61. The number of carboxylic acids is 1. The van der Waals surface area contributed by atoms with Crippen LogP contribution >= 0.6 is 0 Å². The molecule has 0 aromatic heterocycles. The second-order valence-electron chi connectivity index (χ2n) is 8.26. The molecular formula is C30H27NO3. The highest BCUT2D eigenvalue weighted by atomic mass is 16.4. The number of carbonyl (C=O) groups is 2. The van der Waals surface area contributed by atoms with Gasteiger partial charge in [0.15, 0.2) is 0 Å². The minimum Gasteiger partial charge on any atom is -0.480 e. The van der Waals surface area contributed by atoms with E-state index in [-0.39, 0.29) is 6.42 Å². The highest BCUT2D eigenvalue weighted by molar-refractivity contribution is 5.97. The van der Waals surface area contributed by atoms with Crippen molar-refractivity contribution in [2.24, 2.45) is 0 Å². The number of benzene rings is 4. The Kier molecular flexibility index (Phi) is 7.19. The molecule has 4 rings (SSSR count). The van der Waals surface area contributed by atoms with E-state index in [4.69, 9.17) is 0 Å². The fraction of sp³-hybridized carbons (Fsp3) is 0.133. The average Bonchev–Trinajstić information content (AvgIpc) is 2.89. The van der Waals surface area contributed by atoms with Gasteiger partial charge in [0.25, 0.3) is 5.91 Å². The Hall–Kier alpha value is -4.18. The molecule has 170 valence electrons. The van der Waals surface area contributed by atoms with Crippen molar-refractivity contribution >= 4 is 11.9 Å². The second kappa shape index (κ2) is 10.6. The largest absolute Gasteiger partial charge is 0.480 e. The quantitative estimate of drug-likeness (QED) is 0.346. The van der Waals surface area contributed by atoms with Crippen molar-refractivity contribution < 1.29 is 14.7 Å². The third kappa shape index (κ3) is 5.59. The summed E-state index contributed by atoms with van der Waals surface area (Å²) < 4.78 is 0. The first-order valence-corrected chi connectivity index (χ1v) is 11.4. The van der Waals surface area contributed by atoms with Gasteiger partial charge in [-0.1, -0.05) is 97.9 Å². The van der Waals surface area contributed by atoms with Crippen LogP contribution in [0.5, 0.6) is 0 Å². The van der Waals surface area contributed by atoms with E-state index in [2.05, 4.69) is 24.4 Å². The van der Waals surface area contributed by atoms with Crippen LogP contribution in [-0.4, -0.2) is 23.0 Å². The minimum absolute atomic E-state index is 0.203. The third-order valence-corrected chi connectivity index (χ3v) is 5.92. The molecule has 0 aliphatic rings. The van der Waals surface area contributed by atoms with E-state index in [1.54, 1.807) is 12.1 Å². The molecule has 0 unspecified atom stereocenters. The van der Waals surface area contributed by atoms with Crippen LogP contribution in [0.15, 0.2) is 103 Å². The maximum atomic E-state index is 12.9. The van der Waals surface area contributed by atoms with E-state index in [0.717, 1.165) is 34.2 Å². The summed E-state index contributed by atoms with van der Waals surface area (Å²) in [4.78, 5) is 24.8. The second-order valence-corrected chi connectivity index (χ2v) is 8.26. The van der Waals surface area contributed by atoms with E-state index in [1.165, 1.54) is 5.56 Å². The summed E-state index contributed by atoms with van der Waals surface area (Å²) in [6.45, 7) is 2.11. The molecule has 4 aromatic carbocycles. The Morgan fingerprint density at radius 2 is 1.26 bits per heavy atom. The summed E-state index contributed by atoms with van der Waals surface area (Å²) in [6, 6.07) is 32.2. The summed E-state index contributed by atoms with van der Waals surface area (Å²) in [6.07, 6.45) is 1.17. The molecule has 34 heavy (non-hydrogen) atoms. The molecule has 0 heterocycles. The Labute approximate surface area is 199 Å². The van der Waals surface area contributed by atoms with Gasteiger partial charge in [0.05, 0.1) is 0 Å². The summed E-state index contributed by atoms with van der Waals surface area (Å²) in [5.74, 6) is -1.47. The smallest absolute Gasteiger partial charge is 0.326 e. The van der Waals surface area contributed by atoms with Crippen molar-refractivity contribution in [2.75, 3.05) is 0 Å². The van der Waals surface area contributed by atoms with E-state index in [0.29, 0.717) is 5.56 Å². The predicted octanol–water partition coefficient (Wildman–Crippen LogP) is 6.01. The Morgan fingerprint density at radius 1 is 0.706 bits per heavy atom. The zero-order valence-electron chi connectivity index (χ0n) is 19.1. The van der Waals surface area contributed by atoms with Crippen molar-refractivity contribution in [1.29, 1.82) is 0 Å². The van der Waals surface area contributed by atoms with Crippen LogP contribution in [0.1, 0.15) is 28.4 Å². The molecule has 1 amide bonds. The maximum Gasteiger partial charge on any atom is 0.326 e. The number of amides is 1. The van der Waals surface area contributed by atoms with E-state index in [1.807, 2.05) is 78.9 Å². The summed E-state index contributed by atoms with van der Waals surface area (Å²) in [5, 5.41) is 12.4. The Morgan fingerprint density at radius 3 is 1.88 bits per heavy atom. The zero-order chi connectivity index (χ0) is 23.9. The predicted molar refractivity (Wildman–Crippen MR) is 136 cm³/mol. The van der Waals surface area contributed by atoms with Gasteiger partial charge in [0, 0.05) is 12.0 Å². The molecule has 0 bridgehead atoms. The van der Waals surface area contributed by atoms with Crippen LogP contribution < -0.4 is 5.32 Å². The van der Waals surface area contributed by atoms with Gasteiger partial charge in [0.2, 0.25) is 0 Å². The van der Waals surface area contributed by atoms with Gasteiger partial charge < -0.3 is 10.4 Å². The maximum absolute atomic E-state index is 12.9. The normalized spacial score (nSPS) is 11.6. The zero-order valence-corrected chi connectivity index (χ0v) is 19.1.